The fourth-order valence-electron chi connectivity index (χ4n) is 1.38. The SMILES string of the molecule is CCCC(Cl)c1ccc(C)c(C)c1. The van der Waals surface area contributed by atoms with E-state index in [2.05, 4.69) is 39.0 Å². The van der Waals surface area contributed by atoms with Crippen molar-refractivity contribution in [3.8, 4) is 0 Å². The summed E-state index contributed by atoms with van der Waals surface area (Å²) >= 11 is 6.23. The average Bonchev–Trinajstić information content (AvgIpc) is 2.10. The number of benzene rings is 1. The van der Waals surface area contributed by atoms with Gasteiger partial charge in [-0.2, -0.15) is 0 Å². The second-order valence-corrected chi connectivity index (χ2v) is 4.13. The molecule has 1 unspecified atom stereocenters. The molecule has 0 fully saturated rings. The Bertz CT molecular complexity index is 278. The molecule has 1 aromatic rings. The van der Waals surface area contributed by atoms with Gasteiger partial charge in [-0.1, -0.05) is 31.5 Å². The summed E-state index contributed by atoms with van der Waals surface area (Å²) in [5, 5.41) is 0.185. The predicted octanol–water partition coefficient (Wildman–Crippen LogP) is 4.38. The van der Waals surface area contributed by atoms with E-state index in [-0.39, 0.29) is 5.38 Å². The lowest BCUT2D eigenvalue weighted by Gasteiger charge is -2.10. The van der Waals surface area contributed by atoms with Gasteiger partial charge in [0, 0.05) is 0 Å². The van der Waals surface area contributed by atoms with Gasteiger partial charge in [0.05, 0.1) is 5.38 Å². The van der Waals surface area contributed by atoms with Crippen molar-refractivity contribution in [2.75, 3.05) is 0 Å². The maximum Gasteiger partial charge on any atom is 0.0585 e. The third-order valence-corrected chi connectivity index (χ3v) is 2.90. The number of alkyl halides is 1. The van der Waals surface area contributed by atoms with Crippen LogP contribution in [0.1, 0.15) is 41.8 Å². The van der Waals surface area contributed by atoms with E-state index in [0.29, 0.717) is 0 Å². The minimum atomic E-state index is 0.185. The molecular formula is C12H17Cl. The Balaban J connectivity index is 2.84. The molecule has 0 aliphatic carbocycles. The first-order chi connectivity index (χ1) is 6.15. The maximum atomic E-state index is 6.23. The van der Waals surface area contributed by atoms with Crippen LogP contribution in [0.2, 0.25) is 0 Å². The Morgan fingerprint density at radius 3 is 2.46 bits per heavy atom. The zero-order chi connectivity index (χ0) is 9.84. The van der Waals surface area contributed by atoms with Gasteiger partial charge in [-0.05, 0) is 37.0 Å². The number of aryl methyl sites for hydroxylation is 2. The first-order valence-corrected chi connectivity index (χ1v) is 5.30. The van der Waals surface area contributed by atoms with Crippen LogP contribution in [0.5, 0.6) is 0 Å². The summed E-state index contributed by atoms with van der Waals surface area (Å²) in [5.74, 6) is 0. The highest BCUT2D eigenvalue weighted by molar-refractivity contribution is 6.20. The van der Waals surface area contributed by atoms with E-state index < -0.39 is 0 Å². The van der Waals surface area contributed by atoms with Gasteiger partial charge in [-0.3, -0.25) is 0 Å². The third-order valence-electron chi connectivity index (χ3n) is 2.43. The molecule has 0 bridgehead atoms. The van der Waals surface area contributed by atoms with Crippen LogP contribution in [0.4, 0.5) is 0 Å². The lowest BCUT2D eigenvalue weighted by molar-refractivity contribution is 0.769. The van der Waals surface area contributed by atoms with Gasteiger partial charge in [-0.15, -0.1) is 11.6 Å². The molecule has 0 aromatic heterocycles. The summed E-state index contributed by atoms with van der Waals surface area (Å²) in [6, 6.07) is 6.48. The van der Waals surface area contributed by atoms with Crippen molar-refractivity contribution in [2.45, 2.75) is 39.0 Å². The first-order valence-electron chi connectivity index (χ1n) is 4.86. The summed E-state index contributed by atoms with van der Waals surface area (Å²) in [7, 11) is 0. The number of halogens is 1. The van der Waals surface area contributed by atoms with Crippen molar-refractivity contribution >= 4 is 11.6 Å². The summed E-state index contributed by atoms with van der Waals surface area (Å²) in [6.07, 6.45) is 2.20. The second kappa shape index (κ2) is 4.66. The zero-order valence-corrected chi connectivity index (χ0v) is 9.36. The highest BCUT2D eigenvalue weighted by Gasteiger charge is 2.06. The third kappa shape index (κ3) is 2.73. The van der Waals surface area contributed by atoms with Crippen molar-refractivity contribution in [3.05, 3.63) is 34.9 Å². The Kier molecular flexibility index (Phi) is 3.80. The Morgan fingerprint density at radius 1 is 1.23 bits per heavy atom. The summed E-state index contributed by atoms with van der Waals surface area (Å²) in [4.78, 5) is 0. The highest BCUT2D eigenvalue weighted by atomic mass is 35.5. The molecule has 0 saturated heterocycles. The van der Waals surface area contributed by atoms with E-state index in [4.69, 9.17) is 11.6 Å². The number of hydrogen-bond donors (Lipinski definition) is 0. The van der Waals surface area contributed by atoms with E-state index in [9.17, 15) is 0 Å². The van der Waals surface area contributed by atoms with Gasteiger partial charge >= 0.3 is 0 Å². The van der Waals surface area contributed by atoms with Gasteiger partial charge < -0.3 is 0 Å². The molecule has 1 rings (SSSR count). The smallest absolute Gasteiger partial charge is 0.0585 e. The summed E-state index contributed by atoms with van der Waals surface area (Å²) in [5.41, 5.74) is 3.93. The highest BCUT2D eigenvalue weighted by Crippen LogP contribution is 2.26. The molecule has 0 spiro atoms. The first kappa shape index (κ1) is 10.6. The molecule has 0 N–H and O–H groups in total. The van der Waals surface area contributed by atoms with E-state index in [1.165, 1.54) is 16.7 Å². The fourth-order valence-corrected chi connectivity index (χ4v) is 1.73. The maximum absolute atomic E-state index is 6.23. The molecule has 0 radical (unpaired) electrons. The van der Waals surface area contributed by atoms with Crippen molar-refractivity contribution in [2.24, 2.45) is 0 Å². The van der Waals surface area contributed by atoms with E-state index >= 15 is 0 Å². The molecule has 0 amide bonds. The van der Waals surface area contributed by atoms with Crippen LogP contribution < -0.4 is 0 Å². The Labute approximate surface area is 85.9 Å². The van der Waals surface area contributed by atoms with Crippen LogP contribution in [-0.2, 0) is 0 Å². The van der Waals surface area contributed by atoms with Crippen molar-refractivity contribution < 1.29 is 0 Å². The lowest BCUT2D eigenvalue weighted by atomic mass is 10.0. The van der Waals surface area contributed by atoms with Crippen LogP contribution in [0, 0.1) is 13.8 Å². The van der Waals surface area contributed by atoms with Gasteiger partial charge in [0.1, 0.15) is 0 Å². The largest absolute Gasteiger partial charge is 0.118 e. The zero-order valence-electron chi connectivity index (χ0n) is 8.60. The predicted molar refractivity (Wildman–Crippen MR) is 59.4 cm³/mol. The second-order valence-electron chi connectivity index (χ2n) is 3.60. The van der Waals surface area contributed by atoms with Crippen molar-refractivity contribution in [1.29, 1.82) is 0 Å². The molecule has 13 heavy (non-hydrogen) atoms. The van der Waals surface area contributed by atoms with Crippen LogP contribution >= 0.6 is 11.6 Å². The molecule has 0 nitrogen and oxygen atoms in total. The van der Waals surface area contributed by atoms with E-state index in [0.717, 1.165) is 12.8 Å². The van der Waals surface area contributed by atoms with Crippen LogP contribution in [0.3, 0.4) is 0 Å². The molecule has 1 atom stereocenters. The van der Waals surface area contributed by atoms with E-state index in [1.807, 2.05) is 0 Å². The molecule has 0 aliphatic rings. The average molecular weight is 197 g/mol. The normalized spacial score (nSPS) is 12.9. The monoisotopic (exact) mass is 196 g/mol. The standard InChI is InChI=1S/C12H17Cl/c1-4-5-12(13)11-7-6-9(2)10(3)8-11/h6-8,12H,4-5H2,1-3H3. The van der Waals surface area contributed by atoms with Gasteiger partial charge in [0.15, 0.2) is 0 Å². The van der Waals surface area contributed by atoms with E-state index in [1.54, 1.807) is 0 Å². The van der Waals surface area contributed by atoms with Crippen molar-refractivity contribution in [1.82, 2.24) is 0 Å². The van der Waals surface area contributed by atoms with Crippen LogP contribution in [-0.4, -0.2) is 0 Å². The lowest BCUT2D eigenvalue weighted by Crippen LogP contribution is -1.91. The van der Waals surface area contributed by atoms with Gasteiger partial charge in [0.25, 0.3) is 0 Å². The quantitative estimate of drug-likeness (QED) is 0.630. The Hall–Kier alpha value is -0.490. The Morgan fingerprint density at radius 2 is 1.92 bits per heavy atom. The fraction of sp³-hybridized carbons (Fsp3) is 0.500. The van der Waals surface area contributed by atoms with Crippen LogP contribution in [0.15, 0.2) is 18.2 Å². The minimum absolute atomic E-state index is 0.185. The van der Waals surface area contributed by atoms with Gasteiger partial charge in [0.2, 0.25) is 0 Å². The molecule has 0 heterocycles. The molecule has 72 valence electrons. The van der Waals surface area contributed by atoms with Crippen LogP contribution in [0.25, 0.3) is 0 Å². The molecular weight excluding hydrogens is 180 g/mol. The molecule has 1 heteroatoms. The summed E-state index contributed by atoms with van der Waals surface area (Å²) in [6.45, 7) is 6.42. The number of hydrogen-bond acceptors (Lipinski definition) is 0. The molecule has 1 aromatic carbocycles. The molecule has 0 aliphatic heterocycles. The van der Waals surface area contributed by atoms with Gasteiger partial charge in [-0.25, -0.2) is 0 Å². The molecule has 0 saturated carbocycles. The van der Waals surface area contributed by atoms with Crippen molar-refractivity contribution in [3.63, 3.8) is 0 Å². The minimum Gasteiger partial charge on any atom is -0.118 e. The topological polar surface area (TPSA) is 0 Å². The summed E-state index contributed by atoms with van der Waals surface area (Å²) < 4.78 is 0. The number of rotatable bonds is 3.